The molecule has 0 spiro atoms. The molecule has 2 fully saturated rings. The predicted octanol–water partition coefficient (Wildman–Crippen LogP) is 6.17. The summed E-state index contributed by atoms with van der Waals surface area (Å²) < 4.78 is 24.9. The smallest absolute Gasteiger partial charge is 0.413 e. The van der Waals surface area contributed by atoms with Crippen LogP contribution in [-0.4, -0.2) is 88.4 Å². The Balaban J connectivity index is 1.53. The van der Waals surface area contributed by atoms with Gasteiger partial charge < -0.3 is 24.2 Å². The van der Waals surface area contributed by atoms with Gasteiger partial charge >= 0.3 is 18.2 Å². The largest absolute Gasteiger partial charge is 0.493 e. The van der Waals surface area contributed by atoms with Crippen molar-refractivity contribution in [1.82, 2.24) is 14.8 Å². The van der Waals surface area contributed by atoms with Gasteiger partial charge in [0.15, 0.2) is 0 Å². The van der Waals surface area contributed by atoms with E-state index in [9.17, 15) is 24.3 Å². The van der Waals surface area contributed by atoms with Crippen LogP contribution in [-0.2, 0) is 19.1 Å². The third kappa shape index (κ3) is 8.81. The number of rotatable bonds is 14. The first kappa shape index (κ1) is 33.7. The van der Waals surface area contributed by atoms with Crippen molar-refractivity contribution in [1.29, 1.82) is 0 Å². The Labute approximate surface area is 277 Å². The minimum atomic E-state index is -2.03. The van der Waals surface area contributed by atoms with Crippen LogP contribution in [0.5, 0.6) is 5.75 Å². The van der Waals surface area contributed by atoms with Crippen molar-refractivity contribution in [2.24, 2.45) is 5.92 Å². The summed E-state index contributed by atoms with van der Waals surface area (Å²) in [6.07, 6.45) is 9.59. The molecule has 2 heterocycles. The van der Waals surface area contributed by atoms with E-state index in [1.54, 1.807) is 36.2 Å². The molecule has 1 aromatic carbocycles. The number of aliphatic carboxylic acids is 1. The number of carboxylic acid groups (broad SMARTS) is 1. The van der Waals surface area contributed by atoms with Crippen molar-refractivity contribution in [3.8, 4) is 5.75 Å². The highest BCUT2D eigenvalue weighted by Crippen LogP contribution is 2.40. The van der Waals surface area contributed by atoms with Crippen LogP contribution < -0.4 is 10.1 Å². The van der Waals surface area contributed by atoms with Gasteiger partial charge in [0.05, 0.1) is 7.98 Å². The molecule has 4 rings (SSSR count). The first-order valence-electron chi connectivity index (χ1n) is 16.8. The number of nitrogens with zero attached hydrogens (tertiary/aromatic N) is 3. The van der Waals surface area contributed by atoms with Gasteiger partial charge in [-0.3, -0.25) is 19.8 Å². The zero-order valence-corrected chi connectivity index (χ0v) is 27.0. The van der Waals surface area contributed by atoms with E-state index in [1.807, 2.05) is 6.07 Å². The topological polar surface area (TPSA) is 148 Å². The van der Waals surface area contributed by atoms with Gasteiger partial charge in [-0.1, -0.05) is 44.6 Å². The SMILES string of the molecule is [2H]C(C(=O)O)N(C(=O)OCC=C)[C@@](C)(C(=O)N1CCCCC1CCOc1ccc2c(NC(=O)OCC=C)nccc2c1)C1CCCCC1. The van der Waals surface area contributed by atoms with E-state index in [0.29, 0.717) is 49.4 Å². The number of pyridine rings is 1. The number of hydrogen-bond acceptors (Lipinski definition) is 8. The van der Waals surface area contributed by atoms with Crippen molar-refractivity contribution < 1.29 is 39.9 Å². The molecule has 1 aliphatic heterocycles. The van der Waals surface area contributed by atoms with Crippen LogP contribution in [0.3, 0.4) is 0 Å². The number of benzene rings is 1. The zero-order chi connectivity index (χ0) is 34.7. The molecule has 1 aliphatic carbocycles. The Morgan fingerprint density at radius 1 is 1.09 bits per heavy atom. The Morgan fingerprint density at radius 3 is 2.53 bits per heavy atom. The second kappa shape index (κ2) is 16.8. The van der Waals surface area contributed by atoms with Crippen LogP contribution in [0.15, 0.2) is 55.8 Å². The number of nitrogens with one attached hydrogen (secondary N) is 1. The minimum absolute atomic E-state index is 0.0754. The fourth-order valence-electron chi connectivity index (χ4n) is 6.61. The predicted molar refractivity (Wildman–Crippen MR) is 177 cm³/mol. The molecule has 1 aromatic heterocycles. The fourth-order valence-corrected chi connectivity index (χ4v) is 6.61. The molecule has 0 bridgehead atoms. The third-order valence-corrected chi connectivity index (χ3v) is 8.99. The molecule has 12 heteroatoms. The molecule has 0 radical (unpaired) electrons. The lowest BCUT2D eigenvalue weighted by Gasteiger charge is -2.49. The van der Waals surface area contributed by atoms with Crippen LogP contribution >= 0.6 is 0 Å². The summed E-state index contributed by atoms with van der Waals surface area (Å²) in [5, 5.41) is 14.0. The number of hydrogen-bond donors (Lipinski definition) is 2. The van der Waals surface area contributed by atoms with E-state index >= 15 is 0 Å². The number of carboxylic acids is 1. The number of fused-ring (bicyclic) bond motifs is 1. The molecule has 3 amide bonds. The molecule has 2 aromatic rings. The number of likely N-dealkylation sites (tertiary alicyclic amines) is 1. The van der Waals surface area contributed by atoms with Crippen molar-refractivity contribution in [3.05, 3.63) is 55.8 Å². The second-order valence-electron chi connectivity index (χ2n) is 12.0. The summed E-state index contributed by atoms with van der Waals surface area (Å²) in [6, 6.07) is 7.01. The van der Waals surface area contributed by atoms with Gasteiger partial charge in [-0.15, -0.1) is 0 Å². The summed E-state index contributed by atoms with van der Waals surface area (Å²) >= 11 is 0. The molecule has 2 N–H and O–H groups in total. The van der Waals surface area contributed by atoms with E-state index in [0.717, 1.165) is 48.8 Å². The van der Waals surface area contributed by atoms with E-state index in [1.165, 1.54) is 12.2 Å². The molecule has 2 aliphatic rings. The molecular weight excluding hydrogens is 604 g/mol. The number of carbonyl (C=O) groups excluding carboxylic acids is 3. The highest BCUT2D eigenvalue weighted by atomic mass is 16.6. The van der Waals surface area contributed by atoms with E-state index in [2.05, 4.69) is 23.5 Å². The van der Waals surface area contributed by atoms with Crippen molar-refractivity contribution in [3.63, 3.8) is 0 Å². The molecular formula is C35H46N4O8. The Bertz CT molecular complexity index is 1480. The Kier molecular flexibility index (Phi) is 12.1. The molecule has 1 saturated carbocycles. The molecule has 1 saturated heterocycles. The maximum Gasteiger partial charge on any atom is 0.413 e. The summed E-state index contributed by atoms with van der Waals surface area (Å²) in [5.74, 6) is -1.28. The quantitative estimate of drug-likeness (QED) is 0.229. The number of piperidine rings is 1. The van der Waals surface area contributed by atoms with Crippen LogP contribution in [0.4, 0.5) is 15.4 Å². The number of amides is 3. The van der Waals surface area contributed by atoms with Gasteiger partial charge in [-0.25, -0.2) is 14.6 Å². The lowest BCUT2D eigenvalue weighted by Crippen LogP contribution is -2.66. The number of carbonyl (C=O) groups is 4. The van der Waals surface area contributed by atoms with E-state index in [4.69, 9.17) is 15.6 Å². The highest BCUT2D eigenvalue weighted by molar-refractivity contribution is 5.98. The van der Waals surface area contributed by atoms with Crippen LogP contribution in [0, 0.1) is 5.92 Å². The lowest BCUT2D eigenvalue weighted by molar-refractivity contribution is -0.154. The summed E-state index contributed by atoms with van der Waals surface area (Å²) in [6.45, 7) is 7.32. The summed E-state index contributed by atoms with van der Waals surface area (Å²) in [4.78, 5) is 59.1. The zero-order valence-electron chi connectivity index (χ0n) is 28.0. The van der Waals surface area contributed by atoms with Gasteiger partial charge in [-0.05, 0) is 74.6 Å². The van der Waals surface area contributed by atoms with Crippen molar-refractivity contribution in [2.45, 2.75) is 76.3 Å². The van der Waals surface area contributed by atoms with Gasteiger partial charge in [0, 0.05) is 30.6 Å². The number of aromatic nitrogens is 1. The van der Waals surface area contributed by atoms with Gasteiger partial charge in [0.2, 0.25) is 5.91 Å². The van der Waals surface area contributed by atoms with E-state index < -0.39 is 30.2 Å². The van der Waals surface area contributed by atoms with Gasteiger partial charge in [0.1, 0.15) is 36.8 Å². The lowest BCUT2D eigenvalue weighted by atomic mass is 9.73. The van der Waals surface area contributed by atoms with Crippen LogP contribution in [0.2, 0.25) is 0 Å². The maximum absolute atomic E-state index is 14.7. The monoisotopic (exact) mass is 651 g/mol. The normalized spacial score (nSPS) is 19.0. The highest BCUT2D eigenvalue weighted by Gasteiger charge is 2.52. The average Bonchev–Trinajstić information content (AvgIpc) is 3.10. The number of anilines is 1. The van der Waals surface area contributed by atoms with Gasteiger partial charge in [-0.2, -0.15) is 0 Å². The maximum atomic E-state index is 14.7. The Morgan fingerprint density at radius 2 is 1.81 bits per heavy atom. The molecule has 12 nitrogen and oxygen atoms in total. The van der Waals surface area contributed by atoms with Crippen LogP contribution in [0.25, 0.3) is 10.8 Å². The van der Waals surface area contributed by atoms with Crippen molar-refractivity contribution in [2.75, 3.05) is 38.2 Å². The molecule has 254 valence electrons. The molecule has 3 atom stereocenters. The standard InChI is InChI=1S/C35H46N4O8/c1-4-20-46-33(43)37-31-29-15-14-28(23-25(29)16-18-36-31)45-22-17-27-13-9-10-19-38(27)32(42)35(3,26-11-7-6-8-12-26)39(24-30(40)41)34(44)47-21-5-2/h4-5,14-16,18,23,26-27H,1-2,6-13,17,19-22,24H2,3H3,(H,40,41)(H,36,37,43)/t27?,35-/m1/s1/i24D/t24?,27?,35-. The van der Waals surface area contributed by atoms with Crippen molar-refractivity contribution >= 4 is 40.7 Å². The molecule has 47 heavy (non-hydrogen) atoms. The van der Waals surface area contributed by atoms with Gasteiger partial charge in [0.25, 0.3) is 0 Å². The van der Waals surface area contributed by atoms with Crippen LogP contribution in [0.1, 0.15) is 66.1 Å². The second-order valence-corrected chi connectivity index (χ2v) is 12.0. The fraction of sp³-hybridized carbons (Fsp3) is 0.514. The van der Waals surface area contributed by atoms with E-state index in [-0.39, 0.29) is 31.1 Å². The number of ether oxygens (including phenoxy) is 3. The third-order valence-electron chi connectivity index (χ3n) is 8.99. The first-order chi connectivity index (χ1) is 23.1. The summed E-state index contributed by atoms with van der Waals surface area (Å²) in [7, 11) is 0. The minimum Gasteiger partial charge on any atom is -0.493 e. The Hall–Kier alpha value is -4.61. The summed E-state index contributed by atoms with van der Waals surface area (Å²) in [5.41, 5.74) is -1.60. The molecule has 2 unspecified atom stereocenters. The first-order valence-corrected chi connectivity index (χ1v) is 16.2. The average molecular weight is 652 g/mol.